The van der Waals surface area contributed by atoms with Gasteiger partial charge in [-0.05, 0) is 51.3 Å². The molecule has 2 heterocycles. The molecule has 0 unspecified atom stereocenters. The molecule has 0 bridgehead atoms. The summed E-state index contributed by atoms with van der Waals surface area (Å²) in [7, 11) is 0. The summed E-state index contributed by atoms with van der Waals surface area (Å²) in [5.74, 6) is -1.07. The number of nitrogens with one attached hydrogen (secondary N) is 1. The molecule has 0 radical (unpaired) electrons. The number of para-hydroxylation sites is 1. The molecule has 2 atom stereocenters. The normalized spacial score (nSPS) is 16.8. The molecule has 0 spiro atoms. The highest BCUT2D eigenvalue weighted by Gasteiger charge is 2.40. The number of esters is 1. The molecule has 1 aromatic heterocycles. The molecule has 0 aliphatic carbocycles. The van der Waals surface area contributed by atoms with Gasteiger partial charge in [0.25, 0.3) is 5.91 Å². The standard InChI is InChI=1S/C27H30BrN3O4/c1-27(2,3)35-26(34)22-14-9-15-30(22)25(33)20(16-18-10-5-4-6-11-18)29-24(32)23-17-19-12-7-8-13-21(19)31(23)28/h4-8,10-13,17,20,22H,9,14-16H2,1-3H3,(H,29,32)/t20-,22-/m0/s1. The van der Waals surface area contributed by atoms with Gasteiger partial charge in [-0.15, -0.1) is 0 Å². The van der Waals surface area contributed by atoms with Crippen molar-refractivity contribution in [3.05, 3.63) is 71.9 Å². The summed E-state index contributed by atoms with van der Waals surface area (Å²) in [5.41, 5.74) is 1.52. The molecule has 2 amide bonds. The van der Waals surface area contributed by atoms with E-state index in [0.29, 0.717) is 31.5 Å². The average molecular weight is 540 g/mol. The van der Waals surface area contributed by atoms with E-state index in [4.69, 9.17) is 4.74 Å². The Morgan fingerprint density at radius 2 is 1.77 bits per heavy atom. The van der Waals surface area contributed by atoms with Crippen molar-refractivity contribution in [1.29, 1.82) is 0 Å². The summed E-state index contributed by atoms with van der Waals surface area (Å²) in [6.45, 7) is 5.88. The number of rotatable bonds is 6. The Bertz CT molecular complexity index is 1230. The highest BCUT2D eigenvalue weighted by molar-refractivity contribution is 9.08. The Balaban J connectivity index is 1.59. The van der Waals surface area contributed by atoms with Crippen LogP contribution in [0.3, 0.4) is 0 Å². The molecule has 7 nitrogen and oxygen atoms in total. The van der Waals surface area contributed by atoms with Gasteiger partial charge in [0.15, 0.2) is 0 Å². The van der Waals surface area contributed by atoms with E-state index in [0.717, 1.165) is 16.5 Å². The number of nitrogens with zero attached hydrogens (tertiary/aromatic N) is 2. The highest BCUT2D eigenvalue weighted by Crippen LogP contribution is 2.24. The lowest BCUT2D eigenvalue weighted by atomic mass is 10.0. The summed E-state index contributed by atoms with van der Waals surface area (Å²) >= 11 is 3.47. The topological polar surface area (TPSA) is 80.6 Å². The largest absolute Gasteiger partial charge is 0.458 e. The number of aromatic nitrogens is 1. The van der Waals surface area contributed by atoms with Crippen LogP contribution in [-0.4, -0.2) is 50.5 Å². The van der Waals surface area contributed by atoms with E-state index in [1.807, 2.05) is 75.4 Å². The van der Waals surface area contributed by atoms with Crippen molar-refractivity contribution in [2.24, 2.45) is 0 Å². The van der Waals surface area contributed by atoms with Gasteiger partial charge in [0.2, 0.25) is 5.91 Å². The zero-order valence-electron chi connectivity index (χ0n) is 20.2. The van der Waals surface area contributed by atoms with Crippen LogP contribution in [0.1, 0.15) is 49.7 Å². The van der Waals surface area contributed by atoms with Crippen molar-refractivity contribution in [2.75, 3.05) is 6.54 Å². The number of benzene rings is 2. The Labute approximate surface area is 213 Å². The maximum Gasteiger partial charge on any atom is 0.329 e. The zero-order valence-corrected chi connectivity index (χ0v) is 21.7. The van der Waals surface area contributed by atoms with Gasteiger partial charge in [0, 0.05) is 18.4 Å². The van der Waals surface area contributed by atoms with Crippen molar-refractivity contribution in [1.82, 2.24) is 13.8 Å². The lowest BCUT2D eigenvalue weighted by Crippen LogP contribution is -2.53. The molecule has 1 fully saturated rings. The van der Waals surface area contributed by atoms with Crippen LogP contribution in [0, 0.1) is 0 Å². The third-order valence-corrected chi connectivity index (χ3v) is 6.75. The number of hydrogen-bond donors (Lipinski definition) is 1. The summed E-state index contributed by atoms with van der Waals surface area (Å²) in [5, 5.41) is 3.84. The molecule has 2 aromatic carbocycles. The van der Waals surface area contributed by atoms with Crippen LogP contribution in [0.25, 0.3) is 10.9 Å². The van der Waals surface area contributed by atoms with Crippen LogP contribution in [0.15, 0.2) is 60.7 Å². The molecule has 3 aromatic rings. The second-order valence-electron chi connectivity index (χ2n) is 9.81. The quantitative estimate of drug-likeness (QED) is 0.468. The van der Waals surface area contributed by atoms with Gasteiger partial charge < -0.3 is 15.0 Å². The van der Waals surface area contributed by atoms with Crippen LogP contribution in [0.2, 0.25) is 0 Å². The van der Waals surface area contributed by atoms with Crippen molar-refractivity contribution in [3.8, 4) is 0 Å². The van der Waals surface area contributed by atoms with Gasteiger partial charge in [-0.3, -0.25) is 13.2 Å². The third kappa shape index (κ3) is 5.75. The van der Waals surface area contributed by atoms with E-state index >= 15 is 0 Å². The van der Waals surface area contributed by atoms with Crippen molar-refractivity contribution in [3.63, 3.8) is 0 Å². The van der Waals surface area contributed by atoms with Gasteiger partial charge in [0.1, 0.15) is 23.4 Å². The SMILES string of the molecule is CC(C)(C)OC(=O)[C@@H]1CCCN1C(=O)[C@H](Cc1ccccc1)NC(=O)c1cc2ccccc2n1Br. The van der Waals surface area contributed by atoms with Gasteiger partial charge >= 0.3 is 5.97 Å². The van der Waals surface area contributed by atoms with Crippen LogP contribution < -0.4 is 5.32 Å². The second kappa shape index (κ2) is 10.2. The summed E-state index contributed by atoms with van der Waals surface area (Å²) in [6.07, 6.45) is 1.56. The van der Waals surface area contributed by atoms with E-state index in [-0.39, 0.29) is 11.8 Å². The number of ether oxygens (including phenoxy) is 1. The van der Waals surface area contributed by atoms with E-state index in [9.17, 15) is 14.4 Å². The Hall–Kier alpha value is -3.13. The maximum absolute atomic E-state index is 13.7. The lowest BCUT2D eigenvalue weighted by Gasteiger charge is -2.30. The predicted molar refractivity (Wildman–Crippen MR) is 138 cm³/mol. The number of amides is 2. The highest BCUT2D eigenvalue weighted by atomic mass is 79.9. The van der Waals surface area contributed by atoms with E-state index in [1.165, 1.54) is 0 Å². The lowest BCUT2D eigenvalue weighted by molar-refractivity contribution is -0.163. The van der Waals surface area contributed by atoms with Gasteiger partial charge in [-0.2, -0.15) is 0 Å². The minimum absolute atomic E-state index is 0.284. The minimum atomic E-state index is -0.835. The van der Waals surface area contributed by atoms with Gasteiger partial charge in [0.05, 0.1) is 21.7 Å². The van der Waals surface area contributed by atoms with Gasteiger partial charge in [-0.1, -0.05) is 48.5 Å². The maximum atomic E-state index is 13.7. The number of carbonyl (C=O) groups excluding carboxylic acids is 3. The molecule has 8 heteroatoms. The van der Waals surface area contributed by atoms with E-state index in [2.05, 4.69) is 21.5 Å². The fourth-order valence-electron chi connectivity index (χ4n) is 4.40. The molecular weight excluding hydrogens is 510 g/mol. The van der Waals surface area contributed by atoms with Crippen LogP contribution in [-0.2, 0) is 20.7 Å². The predicted octanol–water partition coefficient (Wildman–Crippen LogP) is 4.47. The molecule has 184 valence electrons. The van der Waals surface area contributed by atoms with Crippen LogP contribution in [0.4, 0.5) is 0 Å². The van der Waals surface area contributed by atoms with Crippen molar-refractivity contribution < 1.29 is 19.1 Å². The summed E-state index contributed by atoms with van der Waals surface area (Å²) < 4.78 is 7.21. The Kier molecular flexibility index (Phi) is 7.31. The fourth-order valence-corrected chi connectivity index (χ4v) is 4.99. The molecule has 4 rings (SSSR count). The van der Waals surface area contributed by atoms with Crippen molar-refractivity contribution >= 4 is 44.8 Å². The molecular formula is C27H30BrN3O4. The van der Waals surface area contributed by atoms with Crippen LogP contribution in [0.5, 0.6) is 0 Å². The minimum Gasteiger partial charge on any atom is -0.458 e. The number of fused-ring (bicyclic) bond motifs is 1. The number of hydrogen-bond acceptors (Lipinski definition) is 4. The first-order chi connectivity index (χ1) is 16.6. The number of halogens is 1. The first kappa shape index (κ1) is 25.0. The van der Waals surface area contributed by atoms with Crippen LogP contribution >= 0.6 is 16.1 Å². The second-order valence-corrected chi connectivity index (χ2v) is 10.5. The molecule has 1 aliphatic rings. The average Bonchev–Trinajstić information content (AvgIpc) is 3.43. The monoisotopic (exact) mass is 539 g/mol. The molecule has 1 aliphatic heterocycles. The number of carbonyl (C=O) groups is 3. The van der Waals surface area contributed by atoms with Gasteiger partial charge in [-0.25, -0.2) is 4.79 Å². The molecule has 1 saturated heterocycles. The number of likely N-dealkylation sites (tertiary alicyclic amines) is 1. The Morgan fingerprint density at radius 1 is 1.09 bits per heavy atom. The smallest absolute Gasteiger partial charge is 0.329 e. The molecule has 1 N–H and O–H groups in total. The summed E-state index contributed by atoms with van der Waals surface area (Å²) in [4.78, 5) is 41.5. The van der Waals surface area contributed by atoms with E-state index in [1.54, 1.807) is 14.6 Å². The Morgan fingerprint density at radius 3 is 2.46 bits per heavy atom. The van der Waals surface area contributed by atoms with E-state index < -0.39 is 23.7 Å². The molecule has 0 saturated carbocycles. The third-order valence-electron chi connectivity index (χ3n) is 5.99. The first-order valence-electron chi connectivity index (χ1n) is 11.8. The first-order valence-corrected chi connectivity index (χ1v) is 12.5. The van der Waals surface area contributed by atoms with Crippen molar-refractivity contribution in [2.45, 2.75) is 57.7 Å². The fraction of sp³-hybridized carbons (Fsp3) is 0.370. The zero-order chi connectivity index (χ0) is 25.2. The molecule has 35 heavy (non-hydrogen) atoms. The summed E-state index contributed by atoms with van der Waals surface area (Å²) in [6, 6.07) is 17.5.